The molecular formula is C16H20O8. The molecule has 3 N–H and O–H groups in total. The molecule has 1 fully saturated rings. The summed E-state index contributed by atoms with van der Waals surface area (Å²) >= 11 is 0. The standard InChI is InChI=1S/C16H20O8/c1-3-22-11-6-9(7-17)4-5-10(11)23-16-14(20)13(19)15(21-2)12(8-18)24-16/h3-7,12-16,18-20H,1,8H2,2H3/t12?,13?,14?,15-,16?/m1/s1. The maximum atomic E-state index is 10.8. The second kappa shape index (κ2) is 8.22. The Morgan fingerprint density at radius 2 is 2.04 bits per heavy atom. The maximum Gasteiger partial charge on any atom is 0.229 e. The highest BCUT2D eigenvalue weighted by Crippen LogP contribution is 2.32. The van der Waals surface area contributed by atoms with Gasteiger partial charge in [0.1, 0.15) is 30.7 Å². The average molecular weight is 340 g/mol. The molecule has 1 aromatic carbocycles. The zero-order valence-electron chi connectivity index (χ0n) is 13.1. The summed E-state index contributed by atoms with van der Waals surface area (Å²) in [5.74, 6) is 0.360. The zero-order valence-corrected chi connectivity index (χ0v) is 13.1. The van der Waals surface area contributed by atoms with Crippen LogP contribution in [0.2, 0.25) is 0 Å². The fourth-order valence-corrected chi connectivity index (χ4v) is 2.44. The zero-order chi connectivity index (χ0) is 17.7. The summed E-state index contributed by atoms with van der Waals surface area (Å²) in [6, 6.07) is 4.38. The monoisotopic (exact) mass is 340 g/mol. The van der Waals surface area contributed by atoms with Gasteiger partial charge in [-0.25, -0.2) is 0 Å². The molecule has 132 valence electrons. The molecule has 1 saturated heterocycles. The van der Waals surface area contributed by atoms with Gasteiger partial charge in [-0.05, 0) is 18.2 Å². The molecule has 4 unspecified atom stereocenters. The third kappa shape index (κ3) is 3.74. The molecule has 0 aromatic heterocycles. The van der Waals surface area contributed by atoms with E-state index >= 15 is 0 Å². The van der Waals surface area contributed by atoms with Crippen molar-refractivity contribution in [3.8, 4) is 11.5 Å². The van der Waals surface area contributed by atoms with Crippen LogP contribution in [-0.2, 0) is 9.47 Å². The van der Waals surface area contributed by atoms with Crippen molar-refractivity contribution in [1.29, 1.82) is 0 Å². The van der Waals surface area contributed by atoms with E-state index in [9.17, 15) is 20.1 Å². The first-order chi connectivity index (χ1) is 11.5. The second-order valence-electron chi connectivity index (χ2n) is 5.13. The number of hydrogen-bond donors (Lipinski definition) is 3. The minimum atomic E-state index is -1.42. The van der Waals surface area contributed by atoms with E-state index in [4.69, 9.17) is 18.9 Å². The van der Waals surface area contributed by atoms with Crippen molar-refractivity contribution in [2.24, 2.45) is 0 Å². The molecule has 1 heterocycles. The lowest BCUT2D eigenvalue weighted by atomic mass is 9.99. The van der Waals surface area contributed by atoms with E-state index in [-0.39, 0.29) is 11.5 Å². The summed E-state index contributed by atoms with van der Waals surface area (Å²) in [4.78, 5) is 10.8. The predicted molar refractivity (Wildman–Crippen MR) is 81.8 cm³/mol. The van der Waals surface area contributed by atoms with E-state index in [0.717, 1.165) is 6.26 Å². The van der Waals surface area contributed by atoms with E-state index in [1.54, 1.807) is 0 Å². The van der Waals surface area contributed by atoms with Crippen molar-refractivity contribution < 1.29 is 39.1 Å². The van der Waals surface area contributed by atoms with Crippen molar-refractivity contribution in [3.05, 3.63) is 36.6 Å². The third-order valence-electron chi connectivity index (χ3n) is 3.65. The molecule has 8 heteroatoms. The molecule has 1 aliphatic heterocycles. The number of aliphatic hydroxyl groups excluding tert-OH is 3. The minimum Gasteiger partial charge on any atom is -0.462 e. The Balaban J connectivity index is 2.23. The van der Waals surface area contributed by atoms with Gasteiger partial charge in [-0.15, -0.1) is 0 Å². The summed E-state index contributed by atoms with van der Waals surface area (Å²) in [7, 11) is 1.34. The first-order valence-corrected chi connectivity index (χ1v) is 7.24. The van der Waals surface area contributed by atoms with Crippen LogP contribution in [0.3, 0.4) is 0 Å². The summed E-state index contributed by atoms with van der Waals surface area (Å²) in [6.07, 6.45) is -3.98. The van der Waals surface area contributed by atoms with Crippen LogP contribution in [0.1, 0.15) is 10.4 Å². The molecule has 0 radical (unpaired) electrons. The van der Waals surface area contributed by atoms with E-state index < -0.39 is 37.3 Å². The van der Waals surface area contributed by atoms with Gasteiger partial charge in [-0.1, -0.05) is 6.58 Å². The average Bonchev–Trinajstić information content (AvgIpc) is 2.60. The first-order valence-electron chi connectivity index (χ1n) is 7.24. The number of carbonyl (C=O) groups excluding carboxylic acids is 1. The lowest BCUT2D eigenvalue weighted by Gasteiger charge is -2.41. The highest BCUT2D eigenvalue weighted by Gasteiger charge is 2.46. The molecule has 0 bridgehead atoms. The van der Waals surface area contributed by atoms with Crippen LogP contribution in [0.15, 0.2) is 31.0 Å². The molecule has 0 aliphatic carbocycles. The Morgan fingerprint density at radius 3 is 2.62 bits per heavy atom. The Hall–Kier alpha value is -1.97. The van der Waals surface area contributed by atoms with Gasteiger partial charge in [0.05, 0.1) is 12.9 Å². The Labute approximate surface area is 138 Å². The Bertz CT molecular complexity index is 573. The third-order valence-corrected chi connectivity index (χ3v) is 3.65. The van der Waals surface area contributed by atoms with Gasteiger partial charge < -0.3 is 34.3 Å². The van der Waals surface area contributed by atoms with Crippen LogP contribution in [0.25, 0.3) is 0 Å². The summed E-state index contributed by atoms with van der Waals surface area (Å²) in [5.41, 5.74) is 0.358. The van der Waals surface area contributed by atoms with E-state index in [2.05, 4.69) is 6.58 Å². The maximum absolute atomic E-state index is 10.8. The van der Waals surface area contributed by atoms with Gasteiger partial charge in [0, 0.05) is 12.7 Å². The lowest BCUT2D eigenvalue weighted by Crippen LogP contribution is -2.60. The van der Waals surface area contributed by atoms with Crippen LogP contribution in [0.4, 0.5) is 0 Å². The molecule has 1 aromatic rings. The number of benzene rings is 1. The molecule has 5 atom stereocenters. The summed E-state index contributed by atoms with van der Waals surface area (Å²) < 4.78 is 21.2. The van der Waals surface area contributed by atoms with Crippen molar-refractivity contribution in [2.75, 3.05) is 13.7 Å². The van der Waals surface area contributed by atoms with Gasteiger partial charge in [-0.3, -0.25) is 4.79 Å². The predicted octanol–water partition coefficient (Wildman–Crippen LogP) is -0.146. The number of methoxy groups -OCH3 is 1. The van der Waals surface area contributed by atoms with Crippen LogP contribution in [-0.4, -0.2) is 66.0 Å². The fourth-order valence-electron chi connectivity index (χ4n) is 2.44. The van der Waals surface area contributed by atoms with Gasteiger partial charge in [-0.2, -0.15) is 0 Å². The minimum absolute atomic E-state index is 0.171. The smallest absolute Gasteiger partial charge is 0.229 e. The number of aliphatic hydroxyl groups is 3. The van der Waals surface area contributed by atoms with E-state index in [1.165, 1.54) is 25.3 Å². The second-order valence-corrected chi connectivity index (χ2v) is 5.13. The van der Waals surface area contributed by atoms with Gasteiger partial charge >= 0.3 is 0 Å². The van der Waals surface area contributed by atoms with Crippen molar-refractivity contribution in [1.82, 2.24) is 0 Å². The topological polar surface area (TPSA) is 115 Å². The van der Waals surface area contributed by atoms with Gasteiger partial charge in [0.25, 0.3) is 0 Å². The lowest BCUT2D eigenvalue weighted by molar-refractivity contribution is -0.282. The van der Waals surface area contributed by atoms with Crippen molar-refractivity contribution >= 4 is 6.29 Å². The van der Waals surface area contributed by atoms with Gasteiger partial charge in [0.15, 0.2) is 11.5 Å². The van der Waals surface area contributed by atoms with Crippen LogP contribution < -0.4 is 9.47 Å². The van der Waals surface area contributed by atoms with E-state index in [0.29, 0.717) is 11.8 Å². The Kier molecular flexibility index (Phi) is 6.29. The van der Waals surface area contributed by atoms with Crippen molar-refractivity contribution in [3.63, 3.8) is 0 Å². The molecule has 8 nitrogen and oxygen atoms in total. The molecule has 0 spiro atoms. The molecule has 0 saturated carbocycles. The Morgan fingerprint density at radius 1 is 1.29 bits per heavy atom. The highest BCUT2D eigenvalue weighted by molar-refractivity contribution is 5.76. The normalized spacial score (nSPS) is 29.8. The number of rotatable bonds is 7. The molecular weight excluding hydrogens is 320 g/mol. The highest BCUT2D eigenvalue weighted by atomic mass is 16.7. The largest absolute Gasteiger partial charge is 0.462 e. The SMILES string of the molecule is C=COc1cc(C=O)ccc1OC1OC(CO)[C@@H](OC)C(O)C1O. The summed E-state index contributed by atoms with van der Waals surface area (Å²) in [5, 5.41) is 29.6. The molecule has 1 aliphatic rings. The fraction of sp³-hybridized carbons (Fsp3) is 0.438. The first kappa shape index (κ1) is 18.4. The van der Waals surface area contributed by atoms with E-state index in [1.807, 2.05) is 0 Å². The van der Waals surface area contributed by atoms with Gasteiger partial charge in [0.2, 0.25) is 6.29 Å². The van der Waals surface area contributed by atoms with Crippen molar-refractivity contribution in [2.45, 2.75) is 30.7 Å². The van der Waals surface area contributed by atoms with Crippen LogP contribution in [0.5, 0.6) is 11.5 Å². The summed E-state index contributed by atoms with van der Waals surface area (Å²) in [6.45, 7) is 3.01. The van der Waals surface area contributed by atoms with Crippen LogP contribution >= 0.6 is 0 Å². The number of ether oxygens (including phenoxy) is 4. The molecule has 2 rings (SSSR count). The van der Waals surface area contributed by atoms with Crippen LogP contribution in [0, 0.1) is 0 Å². The number of carbonyl (C=O) groups is 1. The number of aldehydes is 1. The quantitative estimate of drug-likeness (QED) is 0.464. The molecule has 24 heavy (non-hydrogen) atoms. The number of hydrogen-bond acceptors (Lipinski definition) is 8. The molecule has 0 amide bonds.